The Morgan fingerprint density at radius 3 is 2.82 bits per heavy atom. The van der Waals surface area contributed by atoms with Crippen molar-refractivity contribution >= 4 is 0 Å². The standard InChI is InChI=1S/C7H11F2NO/c1-11-3-2-6-4-7(8,9)5-10-6/h2-3,6,10H,4-5H2,1H3. The first-order chi connectivity index (χ1) is 5.14. The molecule has 1 fully saturated rings. The fourth-order valence-corrected chi connectivity index (χ4v) is 1.06. The maximum Gasteiger partial charge on any atom is 0.262 e. The summed E-state index contributed by atoms with van der Waals surface area (Å²) in [5, 5.41) is 2.66. The van der Waals surface area contributed by atoms with Gasteiger partial charge in [0.1, 0.15) is 0 Å². The van der Waals surface area contributed by atoms with E-state index in [2.05, 4.69) is 10.1 Å². The SMILES string of the molecule is COC=CC1CC(F)(F)CN1. The third-order valence-electron chi connectivity index (χ3n) is 1.59. The van der Waals surface area contributed by atoms with Crippen molar-refractivity contribution in [3.63, 3.8) is 0 Å². The molecule has 1 rings (SSSR count). The topological polar surface area (TPSA) is 21.3 Å². The van der Waals surface area contributed by atoms with Crippen LogP contribution in [0.3, 0.4) is 0 Å². The van der Waals surface area contributed by atoms with Crippen LogP contribution < -0.4 is 5.32 Å². The Morgan fingerprint density at radius 2 is 2.36 bits per heavy atom. The highest BCUT2D eigenvalue weighted by atomic mass is 19.3. The van der Waals surface area contributed by atoms with Crippen molar-refractivity contribution in [2.24, 2.45) is 0 Å². The molecule has 2 nitrogen and oxygen atoms in total. The molecule has 0 bridgehead atoms. The molecule has 1 saturated heterocycles. The van der Waals surface area contributed by atoms with Gasteiger partial charge in [0.2, 0.25) is 0 Å². The van der Waals surface area contributed by atoms with Crippen LogP contribution in [0.1, 0.15) is 6.42 Å². The molecule has 0 aromatic heterocycles. The molecule has 1 N–H and O–H groups in total. The van der Waals surface area contributed by atoms with Crippen molar-refractivity contribution in [3.8, 4) is 0 Å². The second-order valence-corrected chi connectivity index (χ2v) is 2.61. The highest BCUT2D eigenvalue weighted by Gasteiger charge is 2.37. The molecule has 0 aromatic carbocycles. The van der Waals surface area contributed by atoms with Crippen LogP contribution in [0.15, 0.2) is 12.3 Å². The number of rotatable bonds is 2. The summed E-state index contributed by atoms with van der Waals surface area (Å²) >= 11 is 0. The smallest absolute Gasteiger partial charge is 0.262 e. The van der Waals surface area contributed by atoms with Gasteiger partial charge in [0.05, 0.1) is 19.9 Å². The van der Waals surface area contributed by atoms with E-state index in [1.54, 1.807) is 6.08 Å². The lowest BCUT2D eigenvalue weighted by Gasteiger charge is -2.04. The van der Waals surface area contributed by atoms with E-state index < -0.39 is 5.92 Å². The average Bonchev–Trinajstić information content (AvgIpc) is 2.26. The van der Waals surface area contributed by atoms with Crippen molar-refractivity contribution < 1.29 is 13.5 Å². The number of nitrogens with one attached hydrogen (secondary N) is 1. The average molecular weight is 163 g/mol. The fraction of sp³-hybridized carbons (Fsp3) is 0.714. The van der Waals surface area contributed by atoms with E-state index in [-0.39, 0.29) is 19.0 Å². The highest BCUT2D eigenvalue weighted by molar-refractivity contribution is 4.98. The molecule has 1 atom stereocenters. The van der Waals surface area contributed by atoms with Gasteiger partial charge >= 0.3 is 0 Å². The largest absolute Gasteiger partial charge is 0.505 e. The summed E-state index contributed by atoms with van der Waals surface area (Å²) in [5.74, 6) is -2.55. The van der Waals surface area contributed by atoms with Gasteiger partial charge in [-0.3, -0.25) is 0 Å². The molecule has 0 aromatic rings. The van der Waals surface area contributed by atoms with Gasteiger partial charge < -0.3 is 10.1 Å². The quantitative estimate of drug-likeness (QED) is 0.616. The second-order valence-electron chi connectivity index (χ2n) is 2.61. The minimum absolute atomic E-state index is 0.132. The Labute approximate surface area is 64.2 Å². The van der Waals surface area contributed by atoms with Gasteiger partial charge in [0.15, 0.2) is 0 Å². The number of hydrogen-bond acceptors (Lipinski definition) is 2. The van der Waals surface area contributed by atoms with E-state index in [1.165, 1.54) is 13.4 Å². The summed E-state index contributed by atoms with van der Waals surface area (Å²) in [4.78, 5) is 0. The lowest BCUT2D eigenvalue weighted by Crippen LogP contribution is -2.20. The lowest BCUT2D eigenvalue weighted by molar-refractivity contribution is 0.0222. The van der Waals surface area contributed by atoms with E-state index in [4.69, 9.17) is 0 Å². The molecule has 1 heterocycles. The van der Waals surface area contributed by atoms with Crippen LogP contribution in [-0.2, 0) is 4.74 Å². The molecule has 64 valence electrons. The normalized spacial score (nSPS) is 29.5. The Morgan fingerprint density at radius 1 is 1.64 bits per heavy atom. The predicted octanol–water partition coefficient (Wildman–Crippen LogP) is 1.14. The van der Waals surface area contributed by atoms with E-state index in [0.29, 0.717) is 0 Å². The molecule has 1 aliphatic heterocycles. The number of ether oxygens (including phenoxy) is 1. The first-order valence-corrected chi connectivity index (χ1v) is 3.45. The first-order valence-electron chi connectivity index (χ1n) is 3.45. The van der Waals surface area contributed by atoms with Crippen molar-refractivity contribution in [1.82, 2.24) is 5.32 Å². The molecular formula is C7H11F2NO. The van der Waals surface area contributed by atoms with Crippen LogP contribution in [0.4, 0.5) is 8.78 Å². The van der Waals surface area contributed by atoms with Gasteiger partial charge in [0.25, 0.3) is 5.92 Å². The van der Waals surface area contributed by atoms with Gasteiger partial charge in [-0.1, -0.05) is 0 Å². The van der Waals surface area contributed by atoms with E-state index in [1.807, 2.05) is 0 Å². The Balaban J connectivity index is 2.36. The van der Waals surface area contributed by atoms with Gasteiger partial charge in [-0.05, 0) is 6.08 Å². The summed E-state index contributed by atoms with van der Waals surface area (Å²) in [6.07, 6.45) is 2.88. The fourth-order valence-electron chi connectivity index (χ4n) is 1.06. The van der Waals surface area contributed by atoms with Gasteiger partial charge in [0, 0.05) is 12.5 Å². The van der Waals surface area contributed by atoms with E-state index in [0.717, 1.165) is 0 Å². The number of methoxy groups -OCH3 is 1. The Bertz CT molecular complexity index is 159. The zero-order valence-electron chi connectivity index (χ0n) is 6.31. The molecule has 4 heteroatoms. The summed E-state index contributed by atoms with van der Waals surface area (Å²) in [6.45, 7) is -0.230. The molecular weight excluding hydrogens is 152 g/mol. The molecule has 1 unspecified atom stereocenters. The van der Waals surface area contributed by atoms with Crippen LogP contribution in [0.25, 0.3) is 0 Å². The molecule has 1 aliphatic rings. The van der Waals surface area contributed by atoms with Crippen molar-refractivity contribution in [3.05, 3.63) is 12.3 Å². The summed E-state index contributed by atoms with van der Waals surface area (Å²) in [6, 6.07) is -0.245. The summed E-state index contributed by atoms with van der Waals surface area (Å²) in [5.41, 5.74) is 0. The third-order valence-corrected chi connectivity index (χ3v) is 1.59. The van der Waals surface area contributed by atoms with Crippen molar-refractivity contribution in [2.75, 3.05) is 13.7 Å². The van der Waals surface area contributed by atoms with Crippen molar-refractivity contribution in [1.29, 1.82) is 0 Å². The van der Waals surface area contributed by atoms with E-state index in [9.17, 15) is 8.78 Å². The van der Waals surface area contributed by atoms with Crippen LogP contribution in [0.5, 0.6) is 0 Å². The Hall–Kier alpha value is -0.640. The van der Waals surface area contributed by atoms with Gasteiger partial charge in [-0.2, -0.15) is 0 Å². The molecule has 0 aliphatic carbocycles. The van der Waals surface area contributed by atoms with Crippen LogP contribution in [0, 0.1) is 0 Å². The lowest BCUT2D eigenvalue weighted by atomic mass is 10.2. The predicted molar refractivity (Wildman–Crippen MR) is 37.5 cm³/mol. The van der Waals surface area contributed by atoms with Gasteiger partial charge in [-0.15, -0.1) is 0 Å². The highest BCUT2D eigenvalue weighted by Crippen LogP contribution is 2.25. The first kappa shape index (κ1) is 8.46. The minimum atomic E-state index is -2.55. The minimum Gasteiger partial charge on any atom is -0.505 e. The summed E-state index contributed by atoms with van der Waals surface area (Å²) in [7, 11) is 1.49. The van der Waals surface area contributed by atoms with E-state index >= 15 is 0 Å². The van der Waals surface area contributed by atoms with Crippen LogP contribution in [-0.4, -0.2) is 25.6 Å². The molecule has 0 radical (unpaired) electrons. The zero-order valence-corrected chi connectivity index (χ0v) is 6.31. The second kappa shape index (κ2) is 3.17. The van der Waals surface area contributed by atoms with Crippen LogP contribution in [0.2, 0.25) is 0 Å². The van der Waals surface area contributed by atoms with Gasteiger partial charge in [-0.25, -0.2) is 8.78 Å². The summed E-state index contributed by atoms with van der Waals surface area (Å²) < 4.78 is 29.6. The molecule has 0 spiro atoms. The van der Waals surface area contributed by atoms with Crippen LogP contribution >= 0.6 is 0 Å². The third kappa shape index (κ3) is 2.46. The maximum atomic E-state index is 12.5. The molecule has 0 amide bonds. The monoisotopic (exact) mass is 163 g/mol. The number of hydrogen-bond donors (Lipinski definition) is 1. The molecule has 0 saturated carbocycles. The number of halogens is 2. The number of alkyl halides is 2. The Kier molecular flexibility index (Phi) is 2.44. The maximum absolute atomic E-state index is 12.5. The molecule has 11 heavy (non-hydrogen) atoms. The zero-order chi connectivity index (χ0) is 8.32. The van der Waals surface area contributed by atoms with Crippen molar-refractivity contribution in [2.45, 2.75) is 18.4 Å².